The van der Waals surface area contributed by atoms with E-state index >= 15 is 0 Å². The number of aromatic nitrogens is 1. The van der Waals surface area contributed by atoms with E-state index in [1.807, 2.05) is 25.2 Å². The number of nitrogens with one attached hydrogen (secondary N) is 1. The number of nitrogens with two attached hydrogens (primary N) is 1. The summed E-state index contributed by atoms with van der Waals surface area (Å²) < 4.78 is 8.44. The Bertz CT molecular complexity index is 719. The standard InChI is InChI=1S/C15H20BrN5O2/c1-18-15(19-7-12-4-5-13(23-12)14(17)22)21(3)9-11-6-10(16)8-20(11)2/h4-6,8H,7,9H2,1-3H3,(H2,17,22)(H,18,19). The lowest BCUT2D eigenvalue weighted by Gasteiger charge is -2.22. The number of nitrogens with zero attached hydrogens (tertiary/aromatic N) is 3. The van der Waals surface area contributed by atoms with Crippen LogP contribution in [0.3, 0.4) is 0 Å². The summed E-state index contributed by atoms with van der Waals surface area (Å²) in [5, 5.41) is 3.19. The predicted molar refractivity (Wildman–Crippen MR) is 92.0 cm³/mol. The van der Waals surface area contributed by atoms with Gasteiger partial charge in [0.25, 0.3) is 5.91 Å². The Morgan fingerprint density at radius 3 is 2.78 bits per heavy atom. The number of hydrogen-bond acceptors (Lipinski definition) is 3. The molecule has 0 fully saturated rings. The lowest BCUT2D eigenvalue weighted by atomic mass is 10.4. The number of amides is 1. The Morgan fingerprint density at radius 2 is 2.26 bits per heavy atom. The Balaban J connectivity index is 1.96. The largest absolute Gasteiger partial charge is 0.454 e. The van der Waals surface area contributed by atoms with Gasteiger partial charge in [-0.2, -0.15) is 0 Å². The second kappa shape index (κ2) is 7.36. The van der Waals surface area contributed by atoms with Crippen molar-refractivity contribution in [2.75, 3.05) is 14.1 Å². The third kappa shape index (κ3) is 4.38. The first-order chi connectivity index (χ1) is 10.9. The summed E-state index contributed by atoms with van der Waals surface area (Å²) in [7, 11) is 5.67. The molecule has 0 radical (unpaired) electrons. The molecule has 2 rings (SSSR count). The summed E-state index contributed by atoms with van der Waals surface area (Å²) in [5.74, 6) is 0.917. The van der Waals surface area contributed by atoms with Gasteiger partial charge in [-0.05, 0) is 34.1 Å². The van der Waals surface area contributed by atoms with Gasteiger partial charge in [0.1, 0.15) is 5.76 Å². The second-order valence-electron chi connectivity index (χ2n) is 5.15. The van der Waals surface area contributed by atoms with Crippen molar-refractivity contribution in [2.45, 2.75) is 13.1 Å². The van der Waals surface area contributed by atoms with Crippen LogP contribution in [0.15, 0.2) is 38.3 Å². The van der Waals surface area contributed by atoms with Gasteiger partial charge in [-0.15, -0.1) is 0 Å². The van der Waals surface area contributed by atoms with Gasteiger partial charge in [0.15, 0.2) is 11.7 Å². The highest BCUT2D eigenvalue weighted by atomic mass is 79.9. The molecule has 0 spiro atoms. The molecule has 3 N–H and O–H groups in total. The summed E-state index contributed by atoms with van der Waals surface area (Å²) in [6.45, 7) is 1.12. The van der Waals surface area contributed by atoms with Crippen molar-refractivity contribution >= 4 is 27.8 Å². The van der Waals surface area contributed by atoms with Crippen molar-refractivity contribution in [3.63, 3.8) is 0 Å². The maximum atomic E-state index is 11.0. The third-order valence-electron chi connectivity index (χ3n) is 3.37. The summed E-state index contributed by atoms with van der Waals surface area (Å²) in [6.07, 6.45) is 2.01. The van der Waals surface area contributed by atoms with Crippen LogP contribution in [0.2, 0.25) is 0 Å². The van der Waals surface area contributed by atoms with Crippen LogP contribution in [0, 0.1) is 0 Å². The van der Waals surface area contributed by atoms with Crippen molar-refractivity contribution in [1.29, 1.82) is 0 Å². The van der Waals surface area contributed by atoms with Crippen molar-refractivity contribution in [3.05, 3.63) is 46.1 Å². The molecule has 2 aromatic heterocycles. The summed E-state index contributed by atoms with van der Waals surface area (Å²) in [4.78, 5) is 17.3. The molecule has 0 saturated carbocycles. The van der Waals surface area contributed by atoms with Gasteiger partial charge < -0.3 is 24.9 Å². The molecule has 0 bridgehead atoms. The molecule has 0 aromatic carbocycles. The molecule has 0 saturated heterocycles. The minimum absolute atomic E-state index is 0.152. The molecule has 2 aromatic rings. The minimum atomic E-state index is -0.577. The fraction of sp³-hybridized carbons (Fsp3) is 0.333. The summed E-state index contributed by atoms with van der Waals surface area (Å²) >= 11 is 3.47. The van der Waals surface area contributed by atoms with E-state index in [1.54, 1.807) is 19.2 Å². The Kier molecular flexibility index (Phi) is 5.49. The number of carbonyl (C=O) groups is 1. The van der Waals surface area contributed by atoms with E-state index < -0.39 is 5.91 Å². The van der Waals surface area contributed by atoms with Crippen LogP contribution < -0.4 is 11.1 Å². The molecule has 7 nitrogen and oxygen atoms in total. The molecule has 23 heavy (non-hydrogen) atoms. The molecule has 0 aliphatic rings. The van der Waals surface area contributed by atoms with Gasteiger partial charge >= 0.3 is 0 Å². The summed E-state index contributed by atoms with van der Waals surface area (Å²) in [6, 6.07) is 5.34. The molecule has 0 atom stereocenters. The number of rotatable bonds is 5. The first kappa shape index (κ1) is 17.1. The predicted octanol–water partition coefficient (Wildman–Crippen LogP) is 1.69. The van der Waals surface area contributed by atoms with Gasteiger partial charge in [-0.25, -0.2) is 0 Å². The SMILES string of the molecule is CN=C(NCc1ccc(C(N)=O)o1)N(C)Cc1cc(Br)cn1C. The van der Waals surface area contributed by atoms with E-state index in [4.69, 9.17) is 10.2 Å². The lowest BCUT2D eigenvalue weighted by molar-refractivity contribution is 0.0972. The van der Waals surface area contributed by atoms with Gasteiger partial charge in [0.05, 0.1) is 13.1 Å². The smallest absolute Gasteiger partial charge is 0.284 e. The fourth-order valence-electron chi connectivity index (χ4n) is 2.20. The number of hydrogen-bond donors (Lipinski definition) is 2. The highest BCUT2D eigenvalue weighted by Crippen LogP contribution is 2.15. The maximum Gasteiger partial charge on any atom is 0.284 e. The number of halogens is 1. The highest BCUT2D eigenvalue weighted by Gasteiger charge is 2.11. The van der Waals surface area contributed by atoms with Crippen molar-refractivity contribution in [3.8, 4) is 0 Å². The number of aryl methyl sites for hydroxylation is 1. The number of carbonyl (C=O) groups excluding carboxylic acids is 1. The van der Waals surface area contributed by atoms with Crippen LogP contribution in [-0.4, -0.2) is 35.4 Å². The van der Waals surface area contributed by atoms with Gasteiger partial charge in [-0.3, -0.25) is 9.79 Å². The molecular formula is C15H20BrN5O2. The third-order valence-corrected chi connectivity index (χ3v) is 3.81. The quantitative estimate of drug-likeness (QED) is 0.609. The maximum absolute atomic E-state index is 11.0. The molecule has 2 heterocycles. The minimum Gasteiger partial charge on any atom is -0.454 e. The zero-order valence-electron chi connectivity index (χ0n) is 13.3. The van der Waals surface area contributed by atoms with Crippen LogP contribution in [0.1, 0.15) is 22.0 Å². The first-order valence-corrected chi connectivity index (χ1v) is 7.81. The van der Waals surface area contributed by atoms with E-state index in [-0.39, 0.29) is 5.76 Å². The van der Waals surface area contributed by atoms with E-state index in [0.29, 0.717) is 18.8 Å². The van der Waals surface area contributed by atoms with Crippen molar-refractivity contribution in [1.82, 2.24) is 14.8 Å². The molecule has 0 unspecified atom stereocenters. The van der Waals surface area contributed by atoms with Crippen LogP contribution in [0.4, 0.5) is 0 Å². The first-order valence-electron chi connectivity index (χ1n) is 7.01. The average molecular weight is 382 g/mol. The van der Waals surface area contributed by atoms with Crippen LogP contribution >= 0.6 is 15.9 Å². The Morgan fingerprint density at radius 1 is 1.52 bits per heavy atom. The van der Waals surface area contributed by atoms with Crippen LogP contribution in [0.5, 0.6) is 0 Å². The van der Waals surface area contributed by atoms with Gasteiger partial charge in [0.2, 0.25) is 0 Å². The van der Waals surface area contributed by atoms with Crippen LogP contribution in [-0.2, 0) is 20.1 Å². The summed E-state index contributed by atoms with van der Waals surface area (Å²) in [5.41, 5.74) is 6.32. The molecule has 8 heteroatoms. The van der Waals surface area contributed by atoms with Crippen molar-refractivity contribution in [2.24, 2.45) is 17.8 Å². The molecule has 0 aliphatic carbocycles. The lowest BCUT2D eigenvalue weighted by Crippen LogP contribution is -2.38. The molecule has 124 valence electrons. The Labute approximate surface area is 143 Å². The number of furan rings is 1. The van der Waals surface area contributed by atoms with Gasteiger partial charge in [-0.1, -0.05) is 0 Å². The zero-order chi connectivity index (χ0) is 17.0. The monoisotopic (exact) mass is 381 g/mol. The topological polar surface area (TPSA) is 88.8 Å². The number of aliphatic imine (C=N–C) groups is 1. The van der Waals surface area contributed by atoms with E-state index in [0.717, 1.165) is 16.1 Å². The molecule has 1 amide bonds. The fourth-order valence-corrected chi connectivity index (χ4v) is 2.77. The average Bonchev–Trinajstić information content (AvgIpc) is 3.07. The van der Waals surface area contributed by atoms with Crippen molar-refractivity contribution < 1.29 is 9.21 Å². The van der Waals surface area contributed by atoms with Crippen LogP contribution in [0.25, 0.3) is 0 Å². The van der Waals surface area contributed by atoms with E-state index in [9.17, 15) is 4.79 Å². The Hall–Kier alpha value is -2.22. The zero-order valence-corrected chi connectivity index (χ0v) is 14.9. The molecule has 0 aliphatic heterocycles. The van der Waals surface area contributed by atoms with E-state index in [1.165, 1.54) is 0 Å². The number of primary amides is 1. The highest BCUT2D eigenvalue weighted by molar-refractivity contribution is 9.10. The normalized spacial score (nSPS) is 11.6. The van der Waals surface area contributed by atoms with Gasteiger partial charge in [0, 0.05) is 37.5 Å². The van der Waals surface area contributed by atoms with E-state index in [2.05, 4.69) is 36.9 Å². The number of guanidine groups is 1. The second-order valence-corrected chi connectivity index (χ2v) is 6.06. The molecular weight excluding hydrogens is 362 g/mol.